The van der Waals surface area contributed by atoms with Gasteiger partial charge < -0.3 is 40.9 Å². The number of carbonyl (C=O) groups is 8. The number of carboxylic acids is 2. The first-order valence-corrected chi connectivity index (χ1v) is 32.7. The number of hydrogen-bond donors (Lipinski definition) is 6. The number of unbranched alkanes of at least 4 members (excludes halogenated alkanes) is 1. The highest BCUT2D eigenvalue weighted by atomic mass is 32.1. The van der Waals surface area contributed by atoms with Gasteiger partial charge in [-0.05, 0) is 84.6 Å². The number of carboxylic acid groups (broad SMARTS) is 2. The molecule has 26 heteroatoms. The fraction of sp³-hybridized carbons (Fsp3) is 0.545. The second-order valence-electron chi connectivity index (χ2n) is 25.3. The van der Waals surface area contributed by atoms with E-state index in [4.69, 9.17) is 22.2 Å². The van der Waals surface area contributed by atoms with E-state index in [2.05, 4.69) is 46.9 Å². The van der Waals surface area contributed by atoms with Crippen molar-refractivity contribution < 1.29 is 58.8 Å². The predicted molar refractivity (Wildman–Crippen MR) is 349 cm³/mol. The molecule has 0 saturated carbocycles. The zero-order valence-electron chi connectivity index (χ0n) is 53.9. The van der Waals surface area contributed by atoms with Gasteiger partial charge in [0.05, 0.1) is 50.1 Å². The van der Waals surface area contributed by atoms with E-state index >= 15 is 0 Å². The molecule has 0 spiro atoms. The van der Waals surface area contributed by atoms with Gasteiger partial charge in [-0.15, -0.1) is 40.1 Å². The Morgan fingerprint density at radius 3 is 1.53 bits per heavy atom. The van der Waals surface area contributed by atoms with Crippen LogP contribution in [0.3, 0.4) is 0 Å². The first-order chi connectivity index (χ1) is 43.6. The summed E-state index contributed by atoms with van der Waals surface area (Å²) in [7, 11) is 0. The summed E-state index contributed by atoms with van der Waals surface area (Å²) in [5.74, 6) is -1.99. The number of amides is 4. The summed E-state index contributed by atoms with van der Waals surface area (Å²) in [6.07, 6.45) is 9.17. The number of terminal acetylenes is 1. The lowest BCUT2D eigenvalue weighted by Gasteiger charge is -2.34. The summed E-state index contributed by atoms with van der Waals surface area (Å²) in [5.41, 5.74) is 17.6. The van der Waals surface area contributed by atoms with Crippen LogP contribution in [0.4, 0.5) is 0 Å². The maximum absolute atomic E-state index is 13.9. The average molecular weight is 1310 g/mol. The number of nitrogens with zero attached hydrogens (tertiary/aromatic N) is 10. The van der Waals surface area contributed by atoms with Gasteiger partial charge in [-0.2, -0.15) is 0 Å². The number of aliphatic hydroxyl groups excluding tert-OH is 2. The van der Waals surface area contributed by atoms with E-state index in [0.717, 1.165) is 43.4 Å². The highest BCUT2D eigenvalue weighted by Gasteiger charge is 2.46. The molecule has 0 aliphatic carbocycles. The van der Waals surface area contributed by atoms with Crippen molar-refractivity contribution in [3.05, 3.63) is 104 Å². The molecule has 92 heavy (non-hydrogen) atoms. The maximum atomic E-state index is 13.9. The van der Waals surface area contributed by atoms with Gasteiger partial charge in [-0.3, -0.25) is 43.0 Å². The van der Waals surface area contributed by atoms with Crippen molar-refractivity contribution in [1.29, 1.82) is 0 Å². The molecule has 2 aliphatic heterocycles. The average Bonchev–Trinajstić information content (AvgIpc) is 1.59. The lowest BCUT2D eigenvalue weighted by Crippen LogP contribution is -2.50. The predicted octanol–water partition coefficient (Wildman–Crippen LogP) is 9.08. The number of Topliss-reactive ketones (excluding diaryl/α,β-unsaturated/α-hetero) is 2. The van der Waals surface area contributed by atoms with Crippen LogP contribution in [0.2, 0.25) is 0 Å². The van der Waals surface area contributed by atoms with Crippen molar-refractivity contribution >= 4 is 69.8 Å². The Balaban J connectivity index is 0.000000302. The largest absolute Gasteiger partial charge is 0.481 e. The summed E-state index contributed by atoms with van der Waals surface area (Å²) < 4.78 is 1.64. The molecule has 0 radical (unpaired) electrons. The number of azide groups is 1. The molecule has 7 rings (SSSR count). The van der Waals surface area contributed by atoms with Crippen molar-refractivity contribution in [2.75, 3.05) is 19.6 Å². The van der Waals surface area contributed by atoms with Crippen LogP contribution in [0.25, 0.3) is 31.3 Å². The van der Waals surface area contributed by atoms with Gasteiger partial charge in [-0.25, -0.2) is 9.97 Å². The molecule has 5 aromatic rings. The Morgan fingerprint density at radius 2 is 1.13 bits per heavy atom. The molecule has 2 fully saturated rings. The third kappa shape index (κ3) is 23.8. The zero-order valence-corrected chi connectivity index (χ0v) is 55.5. The number of ketones is 2. The molecular weight excluding hydrogens is 1220 g/mol. The van der Waals surface area contributed by atoms with E-state index < -0.39 is 58.9 Å². The summed E-state index contributed by atoms with van der Waals surface area (Å²) in [6.45, 7) is 16.7. The van der Waals surface area contributed by atoms with Crippen molar-refractivity contribution in [3.8, 4) is 33.2 Å². The number of aliphatic carboxylic acids is 2. The molecule has 3 aromatic heterocycles. The molecule has 24 nitrogen and oxygen atoms in total. The molecule has 0 unspecified atom stereocenters. The molecule has 6 N–H and O–H groups in total. The third-order valence-corrected chi connectivity index (χ3v) is 17.8. The molecule has 5 heterocycles. The van der Waals surface area contributed by atoms with E-state index in [1.165, 1.54) is 9.80 Å². The maximum Gasteiger partial charge on any atom is 0.303 e. The molecule has 2 aliphatic rings. The van der Waals surface area contributed by atoms with Crippen LogP contribution >= 0.6 is 22.7 Å². The lowest BCUT2D eigenvalue weighted by atomic mass is 9.76. The van der Waals surface area contributed by atoms with Crippen LogP contribution in [0.5, 0.6) is 0 Å². The highest BCUT2D eigenvalue weighted by molar-refractivity contribution is 7.13. The van der Waals surface area contributed by atoms with Crippen molar-refractivity contribution in [2.24, 2.45) is 27.8 Å². The monoisotopic (exact) mass is 1300 g/mol. The Labute approximate surface area is 545 Å². The molecule has 4 amide bonds. The first-order valence-electron chi connectivity index (χ1n) is 30.9. The number of hydrogen-bond acceptors (Lipinski definition) is 17. The van der Waals surface area contributed by atoms with Crippen molar-refractivity contribution in [2.45, 2.75) is 189 Å². The SMILES string of the molecule is C#CCCCC(=O)O.Cc1ncsc1-c1ccc(CNC(=O)[C@@H]2C[C@@H](O)CN2C(=O)[C@@H](CC(=O)CCCN=[N+]=[N-])C(C)(C)C)cc1.Cc1ncsc1-c1ccc(CNC(=O)[C@@H]2C[C@@H](O)CN2C(=O)[C@@H](CC(=O)CCCn2cc(CCCC(=O)O)nn2)C(C)(C)C)cc1. The minimum atomic E-state index is -0.849. The van der Waals surface area contributed by atoms with Crippen LogP contribution in [-0.2, 0) is 64.4 Å². The Morgan fingerprint density at radius 1 is 0.685 bits per heavy atom. The smallest absolute Gasteiger partial charge is 0.303 e. The Hall–Kier alpha value is -8.21. The third-order valence-electron chi connectivity index (χ3n) is 15.9. The quantitative estimate of drug-likeness (QED) is 0.00854. The van der Waals surface area contributed by atoms with Gasteiger partial charge in [0.2, 0.25) is 23.6 Å². The minimum Gasteiger partial charge on any atom is -0.481 e. The summed E-state index contributed by atoms with van der Waals surface area (Å²) in [5, 5.41) is 55.1. The topological polar surface area (TPSA) is 353 Å². The molecule has 6 atom stereocenters. The van der Waals surface area contributed by atoms with Crippen LogP contribution in [0.1, 0.15) is 153 Å². The molecule has 2 saturated heterocycles. The van der Waals surface area contributed by atoms with Gasteiger partial charge in [-0.1, -0.05) is 100 Å². The van der Waals surface area contributed by atoms with E-state index in [1.807, 2.05) is 115 Å². The fourth-order valence-corrected chi connectivity index (χ4v) is 12.3. The number of thiazole rings is 2. The second-order valence-corrected chi connectivity index (χ2v) is 27.0. The number of aromatic nitrogens is 5. The number of aliphatic hydroxyl groups is 2. The number of β-amino-alcohol motifs (C(OH)–C–C–N with tert-alkyl or cyclic N) is 2. The number of likely N-dealkylation sites (tertiary alicyclic amines) is 2. The zero-order chi connectivity index (χ0) is 67.7. The fourth-order valence-electron chi connectivity index (χ4n) is 10.7. The summed E-state index contributed by atoms with van der Waals surface area (Å²) in [6, 6.07) is 14.2. The highest BCUT2D eigenvalue weighted by Crippen LogP contribution is 2.36. The molecule has 2 aromatic carbocycles. The van der Waals surface area contributed by atoms with E-state index in [1.54, 1.807) is 33.6 Å². The summed E-state index contributed by atoms with van der Waals surface area (Å²) >= 11 is 3.16. The van der Waals surface area contributed by atoms with Crippen molar-refractivity contribution in [1.82, 2.24) is 45.4 Å². The van der Waals surface area contributed by atoms with Crippen molar-refractivity contribution in [3.63, 3.8) is 0 Å². The molecular formula is C66H88N12O12S2. The number of nitrogens with one attached hydrogen (secondary N) is 2. The van der Waals surface area contributed by atoms with Gasteiger partial charge in [0, 0.05) is 120 Å². The van der Waals surface area contributed by atoms with E-state index in [-0.39, 0.29) is 113 Å². The standard InChI is InChI=1S/C33H44N6O6S.C27H36N6O4S.C6H8O2/c1-21-30(46-20-35-21)23-12-10-22(11-13-23)17-34-31(44)28-16-26(41)19-39(28)32(45)27(33(2,3)4)15-25(40)8-6-14-38-18-24(36-37-38)7-5-9-29(42)43;1-17-24(38-16-30-17)19-9-7-18(8-10-19)14-29-25(36)23-13-21(35)15-33(23)26(37)22(27(2,3)4)12-20(34)6-5-11-31-32-28;1-2-3-4-5-6(7)8/h10-13,18,20,26-28,41H,5-9,14-17,19H2,1-4H3,(H,34,44)(H,42,43);7-10,16,21-23,35H,5-6,11-15H2,1-4H3,(H,29,36);1H,3-5H2,(H,7,8)/t26-,27-,28+;21-,22-,23+;/m11./s1. The second kappa shape index (κ2) is 36.1. The van der Waals surface area contributed by atoms with E-state index in [0.29, 0.717) is 57.3 Å². The number of benzene rings is 2. The van der Waals surface area contributed by atoms with Gasteiger partial charge in [0.1, 0.15) is 23.7 Å². The van der Waals surface area contributed by atoms with E-state index in [9.17, 15) is 48.6 Å². The normalized spacial score (nSPS) is 16.8. The van der Waals surface area contributed by atoms with Gasteiger partial charge in [0.15, 0.2) is 0 Å². The Bertz CT molecular complexity index is 3370. The van der Waals surface area contributed by atoms with Gasteiger partial charge in [0.25, 0.3) is 0 Å². The molecule has 496 valence electrons. The van der Waals surface area contributed by atoms with Crippen LogP contribution in [0.15, 0.2) is 70.9 Å². The summed E-state index contributed by atoms with van der Waals surface area (Å²) in [4.78, 5) is 117. The van der Waals surface area contributed by atoms with Crippen LogP contribution in [0, 0.1) is 48.9 Å². The van der Waals surface area contributed by atoms with Crippen LogP contribution in [-0.4, -0.2) is 146 Å². The minimum absolute atomic E-state index is 0.0329. The van der Waals surface area contributed by atoms with Crippen LogP contribution < -0.4 is 10.6 Å². The lowest BCUT2D eigenvalue weighted by molar-refractivity contribution is -0.146. The molecule has 0 bridgehead atoms. The first kappa shape index (κ1) is 74.5. The number of rotatable bonds is 29. The van der Waals surface area contributed by atoms with Gasteiger partial charge >= 0.3 is 11.9 Å². The number of aryl methyl sites for hydroxylation is 4. The number of carbonyl (C=O) groups excluding carboxylic acids is 6. The Kier molecular flexibility index (Phi) is 29.3.